The summed E-state index contributed by atoms with van der Waals surface area (Å²) in [6.07, 6.45) is 9.24. The number of Topliss-reactive ketones (excluding diaryl/α,β-unsaturated/α-hetero) is 1. The number of ether oxygens (including phenoxy) is 4. The lowest BCUT2D eigenvalue weighted by Gasteiger charge is -2.63. The number of fused-ring (bicyclic) bond motifs is 3. The molecule has 0 amide bonds. The number of rotatable bonds is 16. The van der Waals surface area contributed by atoms with Crippen LogP contribution in [0.15, 0.2) is 0 Å². The minimum atomic E-state index is -0.453. The molecule has 6 atom stereocenters. The Morgan fingerprint density at radius 2 is 1.36 bits per heavy atom. The average molecular weight is 659 g/mol. The Balaban J connectivity index is 0.00000484. The van der Waals surface area contributed by atoms with Gasteiger partial charge in [0.05, 0.1) is 64.7 Å². The number of nitrogens with zero attached hydrogens (tertiary/aromatic N) is 1. The van der Waals surface area contributed by atoms with Crippen LogP contribution in [0.2, 0.25) is 0 Å². The summed E-state index contributed by atoms with van der Waals surface area (Å²) in [5.41, 5.74) is -0.271. The second-order valence-electron chi connectivity index (χ2n) is 14.6. The fourth-order valence-electron chi connectivity index (χ4n) is 10.1. The number of halogens is 1. The summed E-state index contributed by atoms with van der Waals surface area (Å²) in [5, 5.41) is 0. The first-order valence-electron chi connectivity index (χ1n) is 16.8. The summed E-state index contributed by atoms with van der Waals surface area (Å²) in [6.45, 7) is 21.6. The number of esters is 1. The summed E-state index contributed by atoms with van der Waals surface area (Å²) in [7, 11) is 0. The zero-order valence-corrected chi connectivity index (χ0v) is 29.2. The highest BCUT2D eigenvalue weighted by molar-refractivity contribution is 5.88. The van der Waals surface area contributed by atoms with Crippen molar-refractivity contribution in [3.05, 3.63) is 0 Å². The number of carbonyl (C=O) groups is 2. The standard InChI is InChI=1S/C34H60NO6.BrH/c1-7-35(8-2,9-3)17-18-38-19-20-39-21-22-40-23-24-41-30(37)33(6)14-10-13-32(5)27(33)12-16-34-25-29(36)31(4,26-34)15-11-28(32)34;/h27-28H,7-26H2,1-6H3;1H/q+1;/p-1/t27-,28-,31-,32+,33+,34-;/m0./s1. The van der Waals surface area contributed by atoms with E-state index < -0.39 is 5.41 Å². The van der Waals surface area contributed by atoms with Crippen LogP contribution < -0.4 is 17.0 Å². The first-order valence-corrected chi connectivity index (χ1v) is 16.8. The van der Waals surface area contributed by atoms with Gasteiger partial charge in [0.25, 0.3) is 0 Å². The maximum Gasteiger partial charge on any atom is 0.312 e. The Hall–Kier alpha value is -0.540. The van der Waals surface area contributed by atoms with Crippen molar-refractivity contribution < 1.29 is 50.0 Å². The molecular formula is C34H60BrNO6. The summed E-state index contributed by atoms with van der Waals surface area (Å²) in [6, 6.07) is 0. The van der Waals surface area contributed by atoms with Crippen molar-refractivity contribution in [2.45, 2.75) is 99.3 Å². The van der Waals surface area contributed by atoms with Gasteiger partial charge in [-0.15, -0.1) is 0 Å². The molecule has 7 nitrogen and oxygen atoms in total. The smallest absolute Gasteiger partial charge is 0.312 e. The van der Waals surface area contributed by atoms with Crippen LogP contribution in [0.4, 0.5) is 0 Å². The lowest BCUT2D eigenvalue weighted by molar-refractivity contribution is -0.923. The van der Waals surface area contributed by atoms with Crippen LogP contribution in [0.3, 0.4) is 0 Å². The van der Waals surface area contributed by atoms with E-state index in [1.54, 1.807) is 0 Å². The molecule has 0 aromatic heterocycles. The number of carbonyl (C=O) groups excluding carboxylic acids is 2. The summed E-state index contributed by atoms with van der Waals surface area (Å²) < 4.78 is 24.1. The van der Waals surface area contributed by atoms with Crippen LogP contribution in [0, 0.1) is 33.5 Å². The van der Waals surface area contributed by atoms with Gasteiger partial charge in [-0.05, 0) is 95.3 Å². The maximum absolute atomic E-state index is 13.5. The lowest BCUT2D eigenvalue weighted by atomic mass is 9.40. The molecular weight excluding hydrogens is 598 g/mol. The number of hydrogen-bond donors (Lipinski definition) is 0. The second kappa shape index (κ2) is 14.7. The van der Waals surface area contributed by atoms with Crippen molar-refractivity contribution in [3.8, 4) is 0 Å². The molecule has 8 heteroatoms. The molecule has 0 radical (unpaired) electrons. The van der Waals surface area contributed by atoms with Gasteiger partial charge in [0.15, 0.2) is 0 Å². The van der Waals surface area contributed by atoms with Crippen LogP contribution in [-0.2, 0) is 28.5 Å². The Labute approximate surface area is 266 Å². The molecule has 4 fully saturated rings. The largest absolute Gasteiger partial charge is 1.00 e. The molecule has 0 aromatic carbocycles. The summed E-state index contributed by atoms with van der Waals surface area (Å²) in [5.74, 6) is 1.31. The van der Waals surface area contributed by atoms with E-state index >= 15 is 0 Å². The Kier molecular flexibility index (Phi) is 12.6. The predicted molar refractivity (Wildman–Crippen MR) is 160 cm³/mol. The van der Waals surface area contributed by atoms with E-state index in [0.29, 0.717) is 50.7 Å². The predicted octanol–water partition coefficient (Wildman–Crippen LogP) is 2.83. The van der Waals surface area contributed by atoms with E-state index in [9.17, 15) is 9.59 Å². The summed E-state index contributed by atoms with van der Waals surface area (Å²) in [4.78, 5) is 26.5. The highest BCUT2D eigenvalue weighted by atomic mass is 79.9. The van der Waals surface area contributed by atoms with Gasteiger partial charge in [0.1, 0.15) is 18.9 Å². The molecule has 42 heavy (non-hydrogen) atoms. The van der Waals surface area contributed by atoms with Crippen LogP contribution in [0.5, 0.6) is 0 Å². The lowest BCUT2D eigenvalue weighted by Crippen LogP contribution is -3.00. The van der Waals surface area contributed by atoms with Crippen molar-refractivity contribution in [1.82, 2.24) is 0 Å². The van der Waals surface area contributed by atoms with Crippen molar-refractivity contribution in [2.24, 2.45) is 33.5 Å². The van der Waals surface area contributed by atoms with Crippen LogP contribution in [0.25, 0.3) is 0 Å². The van der Waals surface area contributed by atoms with Gasteiger partial charge in [-0.1, -0.05) is 20.3 Å². The van der Waals surface area contributed by atoms with E-state index in [2.05, 4.69) is 41.5 Å². The van der Waals surface area contributed by atoms with Gasteiger partial charge in [0, 0.05) is 11.8 Å². The molecule has 4 aliphatic carbocycles. The first-order chi connectivity index (χ1) is 19.5. The first kappa shape index (κ1) is 35.9. The van der Waals surface area contributed by atoms with Crippen LogP contribution in [-0.4, -0.2) is 88.7 Å². The van der Waals surface area contributed by atoms with E-state index in [-0.39, 0.29) is 45.8 Å². The zero-order valence-electron chi connectivity index (χ0n) is 27.6. The van der Waals surface area contributed by atoms with Crippen molar-refractivity contribution in [1.29, 1.82) is 0 Å². The van der Waals surface area contributed by atoms with Crippen LogP contribution in [0.1, 0.15) is 99.3 Å². The molecule has 0 heterocycles. The monoisotopic (exact) mass is 657 g/mol. The third-order valence-electron chi connectivity index (χ3n) is 12.7. The van der Waals surface area contributed by atoms with E-state index in [1.165, 1.54) is 6.42 Å². The molecule has 0 unspecified atom stereocenters. The number of quaternary nitrogens is 1. The van der Waals surface area contributed by atoms with Gasteiger partial charge in [-0.25, -0.2) is 0 Å². The molecule has 0 N–H and O–H groups in total. The molecule has 0 aromatic rings. The normalized spacial score (nSPS) is 35.7. The van der Waals surface area contributed by atoms with Gasteiger partial charge in [-0.2, -0.15) is 0 Å². The Morgan fingerprint density at radius 1 is 0.786 bits per heavy atom. The summed E-state index contributed by atoms with van der Waals surface area (Å²) >= 11 is 0. The Bertz CT molecular complexity index is 904. The van der Waals surface area contributed by atoms with Crippen LogP contribution >= 0.6 is 0 Å². The molecule has 4 saturated carbocycles. The topological polar surface area (TPSA) is 71.1 Å². The number of likely N-dealkylation sites (N-methyl/N-ethyl adjacent to an activating group) is 1. The number of ketones is 1. The van der Waals surface area contributed by atoms with Crippen molar-refractivity contribution >= 4 is 11.8 Å². The zero-order chi connectivity index (χ0) is 29.8. The van der Waals surface area contributed by atoms with Gasteiger partial charge < -0.3 is 40.4 Å². The number of hydrogen-bond acceptors (Lipinski definition) is 6. The molecule has 1 spiro atoms. The third kappa shape index (κ3) is 6.98. The molecule has 4 aliphatic rings. The fraction of sp³-hybridized carbons (Fsp3) is 0.941. The molecule has 2 bridgehead atoms. The van der Waals surface area contributed by atoms with Gasteiger partial charge in [0.2, 0.25) is 0 Å². The Morgan fingerprint density at radius 3 is 1.98 bits per heavy atom. The minimum Gasteiger partial charge on any atom is -1.00 e. The maximum atomic E-state index is 13.5. The molecule has 244 valence electrons. The third-order valence-corrected chi connectivity index (χ3v) is 12.7. The highest BCUT2D eigenvalue weighted by Crippen LogP contribution is 2.73. The molecule has 4 rings (SSSR count). The van der Waals surface area contributed by atoms with E-state index in [4.69, 9.17) is 18.9 Å². The van der Waals surface area contributed by atoms with Gasteiger partial charge in [-0.3, -0.25) is 9.59 Å². The van der Waals surface area contributed by atoms with E-state index in [1.807, 2.05) is 0 Å². The fourth-order valence-corrected chi connectivity index (χ4v) is 10.1. The molecule has 0 saturated heterocycles. The second-order valence-corrected chi connectivity index (χ2v) is 14.6. The molecule has 0 aliphatic heterocycles. The van der Waals surface area contributed by atoms with Gasteiger partial charge >= 0.3 is 5.97 Å². The van der Waals surface area contributed by atoms with Crippen molar-refractivity contribution in [2.75, 3.05) is 72.4 Å². The minimum absolute atomic E-state index is 0. The van der Waals surface area contributed by atoms with Crippen molar-refractivity contribution in [3.63, 3.8) is 0 Å². The quantitative estimate of drug-likeness (QED) is 0.144. The van der Waals surface area contributed by atoms with E-state index in [0.717, 1.165) is 88.6 Å². The SMILES string of the molecule is CC[N+](CC)(CC)CCOCCOCCOCCOC(=O)[C@]1(C)CCC[C@@]2(C)[C@@H]3CC[C@@]4(C)C[C@]3(CC[C@@H]21)CC4=O.[Br-]. The average Bonchev–Trinajstić information content (AvgIpc) is 3.13. The highest BCUT2D eigenvalue weighted by Gasteiger charge is 2.68.